The van der Waals surface area contributed by atoms with Crippen LogP contribution in [-0.4, -0.2) is 42.3 Å². The number of amides is 1. The summed E-state index contributed by atoms with van der Waals surface area (Å²) in [5.41, 5.74) is 5.24. The van der Waals surface area contributed by atoms with Crippen molar-refractivity contribution in [2.75, 3.05) is 26.3 Å². The number of oxazole rings is 1. The van der Waals surface area contributed by atoms with Gasteiger partial charge in [-0.2, -0.15) is 0 Å². The normalized spacial score (nSPS) is 14.1. The lowest BCUT2D eigenvalue weighted by molar-refractivity contribution is 0.0996. The number of hydrogen-bond acceptors (Lipinski definition) is 6. The average molecular weight is 405 g/mol. The first-order valence-corrected chi connectivity index (χ1v) is 9.11. The zero-order chi connectivity index (χ0) is 20.8. The SMILES string of the molecule is NC(=O)c1nc(C2=C(F)CCC=C2F)oc1-c1ccc(OCCNCCO)cc1. The fourth-order valence-electron chi connectivity index (χ4n) is 2.84. The number of rotatable bonds is 9. The Morgan fingerprint density at radius 3 is 2.69 bits per heavy atom. The van der Waals surface area contributed by atoms with Gasteiger partial charge in [-0.25, -0.2) is 13.8 Å². The molecule has 0 saturated carbocycles. The molecule has 0 unspecified atom stereocenters. The van der Waals surface area contributed by atoms with E-state index in [9.17, 15) is 13.6 Å². The van der Waals surface area contributed by atoms with E-state index in [4.69, 9.17) is 20.0 Å². The molecule has 0 aliphatic heterocycles. The van der Waals surface area contributed by atoms with Gasteiger partial charge in [-0.3, -0.25) is 4.79 Å². The summed E-state index contributed by atoms with van der Waals surface area (Å²) in [6.45, 7) is 1.51. The summed E-state index contributed by atoms with van der Waals surface area (Å²) in [5, 5.41) is 11.7. The van der Waals surface area contributed by atoms with Gasteiger partial charge in [-0.05, 0) is 36.8 Å². The van der Waals surface area contributed by atoms with Gasteiger partial charge >= 0.3 is 0 Å². The van der Waals surface area contributed by atoms with E-state index in [2.05, 4.69) is 10.3 Å². The molecule has 29 heavy (non-hydrogen) atoms. The van der Waals surface area contributed by atoms with E-state index in [1.54, 1.807) is 24.3 Å². The van der Waals surface area contributed by atoms with Crippen molar-refractivity contribution in [3.05, 3.63) is 53.6 Å². The molecule has 1 aromatic heterocycles. The number of primary amides is 1. The molecule has 0 saturated heterocycles. The van der Waals surface area contributed by atoms with Gasteiger partial charge in [0.2, 0.25) is 5.89 Å². The summed E-state index contributed by atoms with van der Waals surface area (Å²) >= 11 is 0. The van der Waals surface area contributed by atoms with Crippen LogP contribution in [0.1, 0.15) is 29.2 Å². The third-order valence-electron chi connectivity index (χ3n) is 4.22. The Kier molecular flexibility index (Phi) is 6.73. The number of allylic oxidation sites excluding steroid dienone is 4. The van der Waals surface area contributed by atoms with Crippen molar-refractivity contribution in [1.82, 2.24) is 10.3 Å². The first-order chi connectivity index (χ1) is 14.0. The van der Waals surface area contributed by atoms with Crippen LogP contribution in [-0.2, 0) is 0 Å². The second-order valence-electron chi connectivity index (χ2n) is 6.28. The fraction of sp³-hybridized carbons (Fsp3) is 0.300. The van der Waals surface area contributed by atoms with Crippen LogP contribution in [0.2, 0.25) is 0 Å². The second-order valence-corrected chi connectivity index (χ2v) is 6.28. The van der Waals surface area contributed by atoms with Crippen molar-refractivity contribution >= 4 is 11.5 Å². The first-order valence-electron chi connectivity index (χ1n) is 9.11. The molecule has 1 aliphatic carbocycles. The molecule has 0 spiro atoms. The van der Waals surface area contributed by atoms with E-state index in [0.29, 0.717) is 31.0 Å². The molecule has 1 aliphatic rings. The highest BCUT2D eigenvalue weighted by Gasteiger charge is 2.27. The van der Waals surface area contributed by atoms with Crippen molar-refractivity contribution in [3.63, 3.8) is 0 Å². The van der Waals surface area contributed by atoms with Crippen LogP contribution in [0.4, 0.5) is 8.78 Å². The van der Waals surface area contributed by atoms with Crippen LogP contribution in [0.3, 0.4) is 0 Å². The number of halogens is 2. The lowest BCUT2D eigenvalue weighted by atomic mass is 10.0. The van der Waals surface area contributed by atoms with Gasteiger partial charge in [0.15, 0.2) is 11.5 Å². The Balaban J connectivity index is 1.82. The molecule has 0 radical (unpaired) electrons. The van der Waals surface area contributed by atoms with Crippen molar-refractivity contribution in [1.29, 1.82) is 0 Å². The summed E-state index contributed by atoms with van der Waals surface area (Å²) in [7, 11) is 0. The number of nitrogens with one attached hydrogen (secondary N) is 1. The summed E-state index contributed by atoms with van der Waals surface area (Å²) in [6.07, 6.45) is 1.52. The highest BCUT2D eigenvalue weighted by atomic mass is 19.1. The van der Waals surface area contributed by atoms with Gasteiger partial charge < -0.3 is 25.3 Å². The molecule has 0 bridgehead atoms. The van der Waals surface area contributed by atoms with Gasteiger partial charge in [0.05, 0.1) is 6.61 Å². The van der Waals surface area contributed by atoms with E-state index in [1.165, 1.54) is 6.08 Å². The summed E-state index contributed by atoms with van der Waals surface area (Å²) < 4.78 is 39.3. The molecule has 1 amide bonds. The summed E-state index contributed by atoms with van der Waals surface area (Å²) in [5.74, 6) is -2.05. The van der Waals surface area contributed by atoms with Crippen LogP contribution < -0.4 is 15.8 Å². The number of aromatic nitrogens is 1. The largest absolute Gasteiger partial charge is 0.492 e. The Morgan fingerprint density at radius 2 is 2.03 bits per heavy atom. The molecule has 2 aromatic rings. The van der Waals surface area contributed by atoms with Gasteiger partial charge in [0.1, 0.15) is 29.6 Å². The van der Waals surface area contributed by atoms with Crippen molar-refractivity contribution in [2.45, 2.75) is 12.8 Å². The topological polar surface area (TPSA) is 111 Å². The van der Waals surface area contributed by atoms with E-state index in [-0.39, 0.29) is 42.4 Å². The Morgan fingerprint density at radius 1 is 1.28 bits per heavy atom. The number of carbonyl (C=O) groups is 1. The smallest absolute Gasteiger partial charge is 0.271 e. The van der Waals surface area contributed by atoms with Crippen molar-refractivity contribution < 1.29 is 27.8 Å². The number of ether oxygens (including phenoxy) is 1. The molecule has 154 valence electrons. The van der Waals surface area contributed by atoms with Crippen LogP contribution in [0, 0.1) is 0 Å². The maximum atomic E-state index is 14.1. The molecule has 0 fully saturated rings. The quantitative estimate of drug-likeness (QED) is 0.554. The van der Waals surface area contributed by atoms with Crippen LogP contribution >= 0.6 is 0 Å². The van der Waals surface area contributed by atoms with Crippen LogP contribution in [0.5, 0.6) is 5.75 Å². The molecule has 4 N–H and O–H groups in total. The number of hydrogen-bond donors (Lipinski definition) is 3. The van der Waals surface area contributed by atoms with Gasteiger partial charge in [0, 0.05) is 25.1 Å². The number of nitrogens with two attached hydrogens (primary N) is 1. The monoisotopic (exact) mass is 405 g/mol. The molecular formula is C20H21F2N3O4. The lowest BCUT2D eigenvalue weighted by Crippen LogP contribution is -2.23. The Hall–Kier alpha value is -3.04. The molecule has 7 nitrogen and oxygen atoms in total. The Bertz CT molecular complexity index is 936. The third-order valence-corrected chi connectivity index (χ3v) is 4.22. The zero-order valence-electron chi connectivity index (χ0n) is 15.6. The molecular weight excluding hydrogens is 384 g/mol. The van der Waals surface area contributed by atoms with Gasteiger partial charge in [-0.1, -0.05) is 0 Å². The molecule has 1 heterocycles. The molecule has 9 heteroatoms. The first kappa shape index (κ1) is 20.7. The second kappa shape index (κ2) is 9.44. The molecule has 3 rings (SSSR count). The minimum Gasteiger partial charge on any atom is -0.492 e. The van der Waals surface area contributed by atoms with E-state index < -0.39 is 17.6 Å². The lowest BCUT2D eigenvalue weighted by Gasteiger charge is -2.08. The van der Waals surface area contributed by atoms with Crippen LogP contribution in [0.15, 0.2) is 46.4 Å². The number of aliphatic hydroxyl groups excluding tert-OH is 1. The molecule has 0 atom stereocenters. The molecule has 1 aromatic carbocycles. The number of aliphatic hydroxyl groups is 1. The third kappa shape index (κ3) is 4.87. The van der Waals surface area contributed by atoms with E-state index >= 15 is 0 Å². The highest BCUT2D eigenvalue weighted by molar-refractivity contribution is 5.97. The van der Waals surface area contributed by atoms with E-state index in [0.717, 1.165) is 0 Å². The number of carbonyl (C=O) groups excluding carboxylic acids is 1. The fourth-order valence-corrected chi connectivity index (χ4v) is 2.84. The summed E-state index contributed by atoms with van der Waals surface area (Å²) in [6, 6.07) is 6.58. The van der Waals surface area contributed by atoms with Crippen molar-refractivity contribution in [3.8, 4) is 17.1 Å². The van der Waals surface area contributed by atoms with Crippen LogP contribution in [0.25, 0.3) is 16.9 Å². The zero-order valence-corrected chi connectivity index (χ0v) is 15.6. The number of nitrogens with zero attached hydrogens (tertiary/aromatic N) is 1. The predicted molar refractivity (Wildman–Crippen MR) is 102 cm³/mol. The average Bonchev–Trinajstić information content (AvgIpc) is 3.13. The van der Waals surface area contributed by atoms with Crippen molar-refractivity contribution in [2.24, 2.45) is 5.73 Å². The number of benzene rings is 1. The van der Waals surface area contributed by atoms with E-state index in [1.807, 2.05) is 0 Å². The predicted octanol–water partition coefficient (Wildman–Crippen LogP) is 2.73. The summed E-state index contributed by atoms with van der Waals surface area (Å²) in [4.78, 5) is 15.7. The maximum Gasteiger partial charge on any atom is 0.271 e. The maximum absolute atomic E-state index is 14.1. The van der Waals surface area contributed by atoms with Gasteiger partial charge in [0.25, 0.3) is 5.91 Å². The highest BCUT2D eigenvalue weighted by Crippen LogP contribution is 2.37. The minimum absolute atomic E-state index is 0.0299. The standard InChI is InChI=1S/C20H21F2N3O4/c21-14-2-1-3-15(22)16(14)20-25-17(19(23)27)18(29-20)12-4-6-13(7-5-12)28-11-9-24-8-10-26/h2,4-7,24,26H,1,3,8-11H2,(H2,23,27). The Labute approximate surface area is 165 Å². The van der Waals surface area contributed by atoms with Gasteiger partial charge in [-0.15, -0.1) is 0 Å². The minimum atomic E-state index is -0.869.